The van der Waals surface area contributed by atoms with E-state index in [1.54, 1.807) is 0 Å². The highest BCUT2D eigenvalue weighted by Crippen LogP contribution is 2.21. The van der Waals surface area contributed by atoms with Crippen molar-refractivity contribution in [2.45, 2.75) is 90.4 Å². The largest absolute Gasteiger partial charge is 0.313 e. The second kappa shape index (κ2) is 17.1. The number of unbranched alkanes of at least 4 members (excludes halogenated alkanes) is 10. The zero-order chi connectivity index (χ0) is 20.4. The minimum absolute atomic E-state index is 0.715. The molecule has 6 heteroatoms. The van der Waals surface area contributed by atoms with Crippen LogP contribution in [0, 0.1) is 9.85 Å². The summed E-state index contributed by atoms with van der Waals surface area (Å²) in [6.45, 7) is 7.53. The van der Waals surface area contributed by atoms with Gasteiger partial charge in [-0.05, 0) is 22.7 Å². The molecule has 1 saturated heterocycles. The van der Waals surface area contributed by atoms with Gasteiger partial charge in [-0.1, -0.05) is 64.7 Å². The number of rotatable bonds is 13. The van der Waals surface area contributed by atoms with Crippen LogP contribution in [0.2, 0.25) is 0 Å². The fourth-order valence-corrected chi connectivity index (χ4v) is 3.95. The second-order valence-corrected chi connectivity index (χ2v) is 9.92. The minimum Gasteiger partial charge on any atom is -0.313 e. The first-order chi connectivity index (χ1) is 12.8. The van der Waals surface area contributed by atoms with Crippen LogP contribution >= 0.6 is 22.6 Å². The number of hydrogen-bond acceptors (Lipinski definition) is 2. The summed E-state index contributed by atoms with van der Waals surface area (Å²) in [5, 5.41) is 0. The van der Waals surface area contributed by atoms with Crippen molar-refractivity contribution in [3.05, 3.63) is 0 Å². The molecule has 0 amide bonds. The van der Waals surface area contributed by atoms with Crippen LogP contribution in [-0.4, -0.2) is 49.9 Å². The summed E-state index contributed by atoms with van der Waals surface area (Å²) in [7, 11) is -3.67. The van der Waals surface area contributed by atoms with Crippen molar-refractivity contribution < 1.29 is 17.5 Å². The molecular weight excluding hydrogens is 473 g/mol. The molecule has 1 fully saturated rings. The summed E-state index contributed by atoms with van der Waals surface area (Å²) in [6.07, 6.45) is 19.4. The molecule has 1 aliphatic heterocycles. The van der Waals surface area contributed by atoms with Gasteiger partial charge >= 0.3 is 0 Å². The molecule has 0 radical (unpaired) electrons. The fraction of sp³-hybridized carbons (Fsp3) is 0.905. The molecule has 0 unspecified atom stereocenters. The first kappa shape index (κ1) is 27.2. The van der Waals surface area contributed by atoms with Crippen LogP contribution in [0.5, 0.6) is 0 Å². The highest BCUT2D eigenvalue weighted by Gasteiger charge is 2.30. The predicted molar refractivity (Wildman–Crippen MR) is 125 cm³/mol. The van der Waals surface area contributed by atoms with Gasteiger partial charge in [0.2, 0.25) is 0 Å². The molecule has 0 aromatic rings. The standard InChI is InChI=1S/C20H37IN.CH4O3S/c1-2-3-4-5-6-7-8-9-10-11-12-17-22(20-15-16-21)18-13-14-19-22;1-5(2,3)4/h2-14,17-20H2,1H3;1H3,(H,2,3,4)/q+1;. The maximum atomic E-state index is 9.19. The lowest BCUT2D eigenvalue weighted by Gasteiger charge is -2.32. The van der Waals surface area contributed by atoms with Crippen molar-refractivity contribution in [2.75, 3.05) is 32.4 Å². The van der Waals surface area contributed by atoms with Crippen molar-refractivity contribution in [1.29, 1.82) is 0 Å². The molecule has 0 aliphatic carbocycles. The molecule has 160 valence electrons. The van der Waals surface area contributed by atoms with E-state index >= 15 is 0 Å². The maximum Gasteiger partial charge on any atom is 0.261 e. The van der Waals surface area contributed by atoms with Crippen molar-refractivity contribution in [3.8, 4) is 9.85 Å². The van der Waals surface area contributed by atoms with Crippen LogP contribution in [0.3, 0.4) is 0 Å². The predicted octanol–water partition coefficient (Wildman–Crippen LogP) is 5.81. The molecular formula is C21H41INO3S+. The van der Waals surface area contributed by atoms with Crippen molar-refractivity contribution in [3.63, 3.8) is 0 Å². The van der Waals surface area contributed by atoms with Gasteiger partial charge in [0.1, 0.15) is 6.54 Å². The Labute approximate surface area is 182 Å². The molecule has 4 nitrogen and oxygen atoms in total. The lowest BCUT2D eigenvalue weighted by atomic mass is 10.1. The maximum absolute atomic E-state index is 9.19. The topological polar surface area (TPSA) is 54.4 Å². The van der Waals surface area contributed by atoms with Gasteiger partial charge in [0.15, 0.2) is 0 Å². The van der Waals surface area contributed by atoms with Gasteiger partial charge in [0.25, 0.3) is 10.1 Å². The van der Waals surface area contributed by atoms with Gasteiger partial charge in [-0.25, -0.2) is 0 Å². The van der Waals surface area contributed by atoms with Crippen molar-refractivity contribution in [2.24, 2.45) is 0 Å². The smallest absolute Gasteiger partial charge is 0.261 e. The third-order valence-electron chi connectivity index (χ3n) is 5.23. The van der Waals surface area contributed by atoms with E-state index in [0.717, 1.165) is 6.54 Å². The molecule has 1 rings (SSSR count). The first-order valence-electron chi connectivity index (χ1n) is 10.7. The third-order valence-corrected chi connectivity index (χ3v) is 5.61. The Morgan fingerprint density at radius 2 is 1.30 bits per heavy atom. The molecule has 1 heterocycles. The van der Waals surface area contributed by atoms with E-state index in [9.17, 15) is 8.42 Å². The molecule has 0 atom stereocenters. The van der Waals surface area contributed by atoms with Crippen LogP contribution in [0.15, 0.2) is 0 Å². The third kappa shape index (κ3) is 19.3. The number of hydrogen-bond donors (Lipinski definition) is 1. The van der Waals surface area contributed by atoms with Crippen LogP contribution in [0.1, 0.15) is 90.4 Å². The van der Waals surface area contributed by atoms with Crippen molar-refractivity contribution >= 4 is 32.7 Å². The van der Waals surface area contributed by atoms with Crippen molar-refractivity contribution in [1.82, 2.24) is 0 Å². The van der Waals surface area contributed by atoms with Gasteiger partial charge in [-0.2, -0.15) is 8.42 Å². The van der Waals surface area contributed by atoms with E-state index < -0.39 is 10.1 Å². The average molecular weight is 515 g/mol. The highest BCUT2D eigenvalue weighted by molar-refractivity contribution is 14.1. The Morgan fingerprint density at radius 1 is 0.889 bits per heavy atom. The summed E-state index contributed by atoms with van der Waals surface area (Å²) in [6, 6.07) is 0. The second-order valence-electron chi connectivity index (χ2n) is 7.92. The first-order valence-corrected chi connectivity index (χ1v) is 13.6. The van der Waals surface area contributed by atoms with Crippen LogP contribution in [-0.2, 0) is 10.1 Å². The molecule has 0 spiro atoms. The quantitative estimate of drug-likeness (QED) is 0.111. The number of likely N-dealkylation sites (tertiary alicyclic amines) is 1. The molecule has 27 heavy (non-hydrogen) atoms. The van der Waals surface area contributed by atoms with Gasteiger partial charge in [0, 0.05) is 35.4 Å². The van der Waals surface area contributed by atoms with E-state index in [1.807, 2.05) is 0 Å². The lowest BCUT2D eigenvalue weighted by Crippen LogP contribution is -2.46. The number of quaternary nitrogens is 1. The Bertz CT molecular complexity index is 497. The van der Waals surface area contributed by atoms with Gasteiger partial charge in [0.05, 0.1) is 25.9 Å². The minimum atomic E-state index is -3.67. The van der Waals surface area contributed by atoms with E-state index in [0.29, 0.717) is 6.26 Å². The molecule has 0 aromatic heterocycles. The Hall–Kier alpha value is 0.160. The average Bonchev–Trinajstić information content (AvgIpc) is 3.05. The van der Waals surface area contributed by atoms with Crippen LogP contribution in [0.25, 0.3) is 0 Å². The van der Waals surface area contributed by atoms with E-state index in [2.05, 4.69) is 39.4 Å². The molecule has 0 bridgehead atoms. The SMILES string of the molecule is CCCCCCCCCCCCC[N+]1(CC#CI)CCCC1.CS(=O)(=O)O. The van der Waals surface area contributed by atoms with Gasteiger partial charge in [-0.15, -0.1) is 0 Å². The summed E-state index contributed by atoms with van der Waals surface area (Å²) in [5.74, 6) is 3.33. The molecule has 1 aliphatic rings. The summed E-state index contributed by atoms with van der Waals surface area (Å²) in [4.78, 5) is 0. The zero-order valence-electron chi connectivity index (χ0n) is 17.5. The summed E-state index contributed by atoms with van der Waals surface area (Å²) >= 11 is 2.18. The summed E-state index contributed by atoms with van der Waals surface area (Å²) < 4.78 is 30.2. The Morgan fingerprint density at radius 3 is 1.70 bits per heavy atom. The van der Waals surface area contributed by atoms with Gasteiger partial charge < -0.3 is 4.48 Å². The van der Waals surface area contributed by atoms with E-state index in [4.69, 9.17) is 4.55 Å². The normalized spacial score (nSPS) is 15.6. The van der Waals surface area contributed by atoms with E-state index in [1.165, 1.54) is 108 Å². The zero-order valence-corrected chi connectivity index (χ0v) is 20.5. The van der Waals surface area contributed by atoms with E-state index in [-0.39, 0.29) is 0 Å². The molecule has 1 N–H and O–H groups in total. The lowest BCUT2D eigenvalue weighted by molar-refractivity contribution is -0.910. The monoisotopic (exact) mass is 514 g/mol. The fourth-order valence-electron chi connectivity index (χ4n) is 3.78. The highest BCUT2D eigenvalue weighted by atomic mass is 127. The number of halogens is 1. The summed E-state index contributed by atoms with van der Waals surface area (Å²) in [5.41, 5.74) is 0. The molecule has 0 aromatic carbocycles. The van der Waals surface area contributed by atoms with Crippen LogP contribution < -0.4 is 0 Å². The van der Waals surface area contributed by atoms with Crippen LogP contribution in [0.4, 0.5) is 0 Å². The Kier molecular flexibility index (Phi) is 17.2. The van der Waals surface area contributed by atoms with Gasteiger partial charge in [-0.3, -0.25) is 4.55 Å². The number of nitrogens with zero attached hydrogens (tertiary/aromatic N) is 1. The Balaban J connectivity index is 0.00000119. The molecule has 0 saturated carbocycles.